The number of aromatic nitrogens is 4. The van der Waals surface area contributed by atoms with Crippen molar-refractivity contribution < 1.29 is 0 Å². The number of nitrogens with one attached hydrogen (secondary N) is 1. The second kappa shape index (κ2) is 4.44. The Morgan fingerprint density at radius 3 is 2.94 bits per heavy atom. The van der Waals surface area contributed by atoms with E-state index in [1.54, 1.807) is 6.33 Å². The topological polar surface area (TPSA) is 81.7 Å². The molecule has 2 rings (SSSR count). The molecule has 86 valence electrons. The first-order valence-corrected chi connectivity index (χ1v) is 5.38. The average molecular weight is 220 g/mol. The molecule has 16 heavy (non-hydrogen) atoms. The molecule has 6 heteroatoms. The van der Waals surface area contributed by atoms with Crippen LogP contribution in [0.3, 0.4) is 0 Å². The summed E-state index contributed by atoms with van der Waals surface area (Å²) in [7, 11) is 1.93. The maximum absolute atomic E-state index is 5.74. The summed E-state index contributed by atoms with van der Waals surface area (Å²) < 4.78 is 2.00. The van der Waals surface area contributed by atoms with Crippen LogP contribution in [0.2, 0.25) is 0 Å². The molecule has 0 fully saturated rings. The van der Waals surface area contributed by atoms with Gasteiger partial charge in [-0.3, -0.25) is 4.57 Å². The lowest BCUT2D eigenvalue weighted by Crippen LogP contribution is -2.22. The molecular formula is C10H16N6. The first-order chi connectivity index (χ1) is 7.77. The Bertz CT molecular complexity index is 477. The summed E-state index contributed by atoms with van der Waals surface area (Å²) in [6, 6.07) is 0. The fraction of sp³-hybridized carbons (Fsp3) is 0.500. The fourth-order valence-electron chi connectivity index (χ4n) is 1.79. The van der Waals surface area contributed by atoms with Crippen molar-refractivity contribution in [3.05, 3.63) is 12.7 Å². The first-order valence-electron chi connectivity index (χ1n) is 5.38. The van der Waals surface area contributed by atoms with Crippen LogP contribution in [-0.2, 0) is 0 Å². The highest BCUT2D eigenvalue weighted by Crippen LogP contribution is 2.19. The Labute approximate surface area is 93.9 Å². The van der Waals surface area contributed by atoms with Crippen LogP contribution in [0.5, 0.6) is 0 Å². The van der Waals surface area contributed by atoms with E-state index >= 15 is 0 Å². The van der Waals surface area contributed by atoms with E-state index in [1.165, 1.54) is 6.33 Å². The molecule has 0 aliphatic heterocycles. The number of nitrogens with zero attached hydrogens (tertiary/aromatic N) is 4. The maximum atomic E-state index is 5.74. The van der Waals surface area contributed by atoms with E-state index in [0.717, 1.165) is 18.5 Å². The van der Waals surface area contributed by atoms with Gasteiger partial charge in [-0.05, 0) is 13.5 Å². The molecule has 0 amide bonds. The molecule has 0 saturated heterocycles. The lowest BCUT2D eigenvalue weighted by molar-refractivity contribution is 0.411. The third-order valence-corrected chi connectivity index (χ3v) is 2.62. The average Bonchev–Trinajstić information content (AvgIpc) is 2.71. The molecule has 0 radical (unpaired) electrons. The van der Waals surface area contributed by atoms with Gasteiger partial charge < -0.3 is 11.1 Å². The Morgan fingerprint density at radius 1 is 1.44 bits per heavy atom. The molecule has 0 saturated carbocycles. The van der Waals surface area contributed by atoms with Crippen LogP contribution in [0.25, 0.3) is 11.2 Å². The van der Waals surface area contributed by atoms with E-state index in [9.17, 15) is 0 Å². The quantitative estimate of drug-likeness (QED) is 0.801. The van der Waals surface area contributed by atoms with E-state index in [2.05, 4.69) is 27.2 Å². The van der Waals surface area contributed by atoms with Crippen molar-refractivity contribution in [2.75, 3.05) is 12.8 Å². The normalized spacial score (nSPS) is 13.1. The van der Waals surface area contributed by atoms with Crippen molar-refractivity contribution in [2.45, 2.75) is 25.9 Å². The summed E-state index contributed by atoms with van der Waals surface area (Å²) in [5, 5.41) is 3.24. The second-order valence-electron chi connectivity index (χ2n) is 3.68. The number of anilines is 1. The van der Waals surface area contributed by atoms with Gasteiger partial charge in [0.1, 0.15) is 11.8 Å². The number of imidazole rings is 1. The number of nitrogen functional groups attached to an aromatic ring is 1. The standard InChI is InChI=1S/C10H16N6/c1-3-4-7(12-2)16-6-15-8-9(11)13-5-14-10(8)16/h5-7,12H,3-4H2,1-2H3,(H2,11,13,14). The minimum atomic E-state index is 0.198. The third-order valence-electron chi connectivity index (χ3n) is 2.62. The SMILES string of the molecule is CCCC(NC)n1cnc2c(N)ncnc21. The third kappa shape index (κ3) is 1.71. The van der Waals surface area contributed by atoms with Crippen LogP contribution in [0.4, 0.5) is 5.82 Å². The van der Waals surface area contributed by atoms with Crippen molar-refractivity contribution >= 4 is 17.0 Å². The number of fused-ring (bicyclic) bond motifs is 1. The minimum Gasteiger partial charge on any atom is -0.382 e. The van der Waals surface area contributed by atoms with Gasteiger partial charge in [0.25, 0.3) is 0 Å². The van der Waals surface area contributed by atoms with Crippen molar-refractivity contribution in [3.63, 3.8) is 0 Å². The molecular weight excluding hydrogens is 204 g/mol. The van der Waals surface area contributed by atoms with Crippen LogP contribution in [0.1, 0.15) is 25.9 Å². The monoisotopic (exact) mass is 220 g/mol. The number of hydrogen-bond acceptors (Lipinski definition) is 5. The maximum Gasteiger partial charge on any atom is 0.166 e. The summed E-state index contributed by atoms with van der Waals surface area (Å²) >= 11 is 0. The highest BCUT2D eigenvalue weighted by Gasteiger charge is 2.13. The predicted octanol–water partition coefficient (Wildman–Crippen LogP) is 0.927. The van der Waals surface area contributed by atoms with E-state index in [4.69, 9.17) is 5.73 Å². The smallest absolute Gasteiger partial charge is 0.166 e. The van der Waals surface area contributed by atoms with Gasteiger partial charge in [0.15, 0.2) is 11.5 Å². The van der Waals surface area contributed by atoms with Crippen molar-refractivity contribution in [2.24, 2.45) is 0 Å². The highest BCUT2D eigenvalue weighted by atomic mass is 15.2. The molecule has 0 aliphatic carbocycles. The summed E-state index contributed by atoms with van der Waals surface area (Å²) in [6.45, 7) is 2.15. The largest absolute Gasteiger partial charge is 0.382 e. The van der Waals surface area contributed by atoms with Crippen LogP contribution in [0.15, 0.2) is 12.7 Å². The van der Waals surface area contributed by atoms with Gasteiger partial charge in [-0.15, -0.1) is 0 Å². The Balaban J connectivity index is 2.48. The molecule has 1 atom stereocenters. The van der Waals surface area contributed by atoms with E-state index in [-0.39, 0.29) is 6.17 Å². The highest BCUT2D eigenvalue weighted by molar-refractivity contribution is 5.81. The van der Waals surface area contributed by atoms with Gasteiger partial charge in [0.05, 0.1) is 12.5 Å². The zero-order valence-corrected chi connectivity index (χ0v) is 9.51. The lowest BCUT2D eigenvalue weighted by Gasteiger charge is -2.17. The summed E-state index contributed by atoms with van der Waals surface area (Å²) in [5.74, 6) is 0.426. The lowest BCUT2D eigenvalue weighted by atomic mass is 10.2. The van der Waals surface area contributed by atoms with Crippen LogP contribution in [-0.4, -0.2) is 26.6 Å². The molecule has 0 bridgehead atoms. The van der Waals surface area contributed by atoms with Crippen LogP contribution < -0.4 is 11.1 Å². The van der Waals surface area contributed by atoms with Gasteiger partial charge in [-0.25, -0.2) is 15.0 Å². The van der Waals surface area contributed by atoms with E-state index in [1.807, 2.05) is 11.6 Å². The number of hydrogen-bond donors (Lipinski definition) is 2. The zero-order valence-electron chi connectivity index (χ0n) is 9.51. The molecule has 6 nitrogen and oxygen atoms in total. The van der Waals surface area contributed by atoms with Gasteiger partial charge >= 0.3 is 0 Å². The molecule has 2 aromatic rings. The molecule has 0 aromatic carbocycles. The molecule has 2 heterocycles. The first kappa shape index (κ1) is 10.8. The molecule has 0 spiro atoms. The summed E-state index contributed by atoms with van der Waals surface area (Å²) in [6.07, 6.45) is 5.53. The number of nitrogens with two attached hydrogens (primary N) is 1. The van der Waals surface area contributed by atoms with Crippen LogP contribution in [0, 0.1) is 0 Å². The van der Waals surface area contributed by atoms with Crippen molar-refractivity contribution in [1.29, 1.82) is 0 Å². The van der Waals surface area contributed by atoms with E-state index < -0.39 is 0 Å². The van der Waals surface area contributed by atoms with Crippen LogP contribution >= 0.6 is 0 Å². The molecule has 1 unspecified atom stereocenters. The zero-order chi connectivity index (χ0) is 11.5. The van der Waals surface area contributed by atoms with Gasteiger partial charge in [-0.2, -0.15) is 0 Å². The predicted molar refractivity (Wildman–Crippen MR) is 62.7 cm³/mol. The second-order valence-corrected chi connectivity index (χ2v) is 3.68. The Hall–Kier alpha value is -1.69. The molecule has 3 N–H and O–H groups in total. The summed E-state index contributed by atoms with van der Waals surface area (Å²) in [4.78, 5) is 12.4. The Kier molecular flexibility index (Phi) is 3.00. The fourth-order valence-corrected chi connectivity index (χ4v) is 1.79. The van der Waals surface area contributed by atoms with Gasteiger partial charge in [0.2, 0.25) is 0 Å². The Morgan fingerprint density at radius 2 is 2.25 bits per heavy atom. The van der Waals surface area contributed by atoms with Crippen molar-refractivity contribution in [1.82, 2.24) is 24.8 Å². The van der Waals surface area contributed by atoms with Crippen molar-refractivity contribution in [3.8, 4) is 0 Å². The van der Waals surface area contributed by atoms with Gasteiger partial charge in [0, 0.05) is 0 Å². The number of rotatable bonds is 4. The molecule has 0 aliphatic rings. The molecule has 2 aromatic heterocycles. The van der Waals surface area contributed by atoms with E-state index in [0.29, 0.717) is 11.3 Å². The minimum absolute atomic E-state index is 0.198. The summed E-state index contributed by atoms with van der Waals surface area (Å²) in [5.41, 5.74) is 7.18. The van der Waals surface area contributed by atoms with Gasteiger partial charge in [-0.1, -0.05) is 13.3 Å².